The molecular formula is C18H24N4O3S2. The Kier molecular flexibility index (Phi) is 6.23. The highest BCUT2D eigenvalue weighted by molar-refractivity contribution is 7.89. The van der Waals surface area contributed by atoms with E-state index in [0.29, 0.717) is 24.1 Å². The number of nitrogens with one attached hydrogen (secondary N) is 1. The Hall–Kier alpha value is -1.84. The van der Waals surface area contributed by atoms with Crippen molar-refractivity contribution in [1.82, 2.24) is 14.5 Å². The third-order valence-electron chi connectivity index (χ3n) is 4.33. The van der Waals surface area contributed by atoms with E-state index < -0.39 is 15.9 Å². The second-order valence-electron chi connectivity index (χ2n) is 7.01. The van der Waals surface area contributed by atoms with Gasteiger partial charge in [-0.15, -0.1) is 10.2 Å². The van der Waals surface area contributed by atoms with Crippen LogP contribution in [-0.4, -0.2) is 41.9 Å². The molecule has 2 heterocycles. The number of amides is 1. The maximum atomic E-state index is 13.0. The van der Waals surface area contributed by atoms with E-state index in [1.54, 1.807) is 12.1 Å². The van der Waals surface area contributed by atoms with Crippen molar-refractivity contribution in [3.63, 3.8) is 0 Å². The van der Waals surface area contributed by atoms with Crippen LogP contribution in [0.4, 0.5) is 5.13 Å². The van der Waals surface area contributed by atoms with Gasteiger partial charge in [0.25, 0.3) is 5.91 Å². The van der Waals surface area contributed by atoms with Crippen LogP contribution < -0.4 is 5.32 Å². The van der Waals surface area contributed by atoms with Crippen molar-refractivity contribution in [2.75, 3.05) is 18.4 Å². The smallest absolute Gasteiger partial charge is 0.258 e. The van der Waals surface area contributed by atoms with E-state index in [1.807, 2.05) is 0 Å². The molecule has 3 rings (SSSR count). The Labute approximate surface area is 163 Å². The first-order valence-electron chi connectivity index (χ1n) is 9.11. The summed E-state index contributed by atoms with van der Waals surface area (Å²) in [6.07, 6.45) is 3.51. The molecule has 1 saturated heterocycles. The third kappa shape index (κ3) is 4.72. The molecule has 1 amide bonds. The van der Waals surface area contributed by atoms with Crippen LogP contribution in [0.3, 0.4) is 0 Å². The minimum absolute atomic E-state index is 0.0383. The molecular weight excluding hydrogens is 384 g/mol. The van der Waals surface area contributed by atoms with Crippen molar-refractivity contribution < 1.29 is 13.2 Å². The van der Waals surface area contributed by atoms with Gasteiger partial charge >= 0.3 is 0 Å². The number of nitrogens with zero attached hydrogens (tertiary/aromatic N) is 3. The molecule has 1 aliphatic rings. The fourth-order valence-corrected chi connectivity index (χ4v) is 5.68. The molecule has 9 heteroatoms. The van der Waals surface area contributed by atoms with Crippen LogP contribution >= 0.6 is 11.3 Å². The Morgan fingerprint density at radius 2 is 1.89 bits per heavy atom. The summed E-state index contributed by atoms with van der Waals surface area (Å²) in [6.45, 7) is 5.16. The SMILES string of the molecule is CC(C)Cc1nnc(NC(=O)c2ccccc2S(=O)(=O)N2CCCCC2)s1. The summed E-state index contributed by atoms with van der Waals surface area (Å²) >= 11 is 1.31. The van der Waals surface area contributed by atoms with Crippen LogP contribution in [-0.2, 0) is 16.4 Å². The lowest BCUT2D eigenvalue weighted by Gasteiger charge is -2.26. The van der Waals surface area contributed by atoms with E-state index in [4.69, 9.17) is 0 Å². The van der Waals surface area contributed by atoms with Gasteiger partial charge in [0.15, 0.2) is 0 Å². The molecule has 0 unspecified atom stereocenters. The van der Waals surface area contributed by atoms with Crippen LogP contribution in [0, 0.1) is 5.92 Å². The number of rotatable bonds is 6. The number of anilines is 1. The number of carbonyl (C=O) groups excluding carboxylic acids is 1. The molecule has 0 atom stereocenters. The van der Waals surface area contributed by atoms with E-state index >= 15 is 0 Å². The topological polar surface area (TPSA) is 92.3 Å². The summed E-state index contributed by atoms with van der Waals surface area (Å²) in [6, 6.07) is 6.32. The van der Waals surface area contributed by atoms with E-state index in [-0.39, 0.29) is 10.5 Å². The Bertz CT molecular complexity index is 903. The number of benzene rings is 1. The molecule has 2 aromatic rings. The number of piperidine rings is 1. The number of hydrogen-bond donors (Lipinski definition) is 1. The van der Waals surface area contributed by atoms with E-state index in [9.17, 15) is 13.2 Å². The standard InChI is InChI=1S/C18H24N4O3S2/c1-13(2)12-16-20-21-18(26-16)19-17(23)14-8-4-5-9-15(14)27(24,25)22-10-6-3-7-11-22/h4-5,8-9,13H,3,6-7,10-12H2,1-2H3,(H,19,21,23). The number of hydrogen-bond acceptors (Lipinski definition) is 6. The van der Waals surface area contributed by atoms with Crippen molar-refractivity contribution in [3.05, 3.63) is 34.8 Å². The summed E-state index contributed by atoms with van der Waals surface area (Å²) in [7, 11) is -3.70. The van der Waals surface area contributed by atoms with Crippen LogP contribution in [0.5, 0.6) is 0 Å². The summed E-state index contributed by atoms with van der Waals surface area (Å²) in [5.74, 6) is -0.0460. The monoisotopic (exact) mass is 408 g/mol. The Morgan fingerprint density at radius 3 is 2.59 bits per heavy atom. The lowest BCUT2D eigenvalue weighted by atomic mass is 10.1. The van der Waals surface area contributed by atoms with Gasteiger partial charge in [-0.1, -0.05) is 43.7 Å². The van der Waals surface area contributed by atoms with Gasteiger partial charge in [-0.05, 0) is 30.9 Å². The molecule has 0 bridgehead atoms. The third-order valence-corrected chi connectivity index (χ3v) is 7.15. The maximum Gasteiger partial charge on any atom is 0.258 e. The summed E-state index contributed by atoms with van der Waals surface area (Å²) in [4.78, 5) is 12.8. The predicted molar refractivity (Wildman–Crippen MR) is 105 cm³/mol. The first-order valence-corrected chi connectivity index (χ1v) is 11.4. The molecule has 0 saturated carbocycles. The van der Waals surface area contributed by atoms with Crippen LogP contribution in [0.1, 0.15) is 48.5 Å². The molecule has 27 heavy (non-hydrogen) atoms. The Balaban J connectivity index is 1.82. The lowest BCUT2D eigenvalue weighted by molar-refractivity contribution is 0.102. The second-order valence-corrected chi connectivity index (χ2v) is 9.98. The van der Waals surface area contributed by atoms with Gasteiger partial charge < -0.3 is 0 Å². The zero-order chi connectivity index (χ0) is 19.4. The normalized spacial score (nSPS) is 15.8. The van der Waals surface area contributed by atoms with Gasteiger partial charge in [0.2, 0.25) is 15.2 Å². The summed E-state index contributed by atoms with van der Waals surface area (Å²) in [5, 5.41) is 12.0. The molecule has 1 aromatic carbocycles. The second kappa shape index (κ2) is 8.45. The zero-order valence-corrected chi connectivity index (χ0v) is 17.1. The minimum Gasteiger partial charge on any atom is -0.296 e. The summed E-state index contributed by atoms with van der Waals surface area (Å²) in [5.41, 5.74) is 0.128. The molecule has 7 nitrogen and oxygen atoms in total. The quantitative estimate of drug-likeness (QED) is 0.793. The van der Waals surface area contributed by atoms with E-state index in [1.165, 1.54) is 27.8 Å². The van der Waals surface area contributed by atoms with Gasteiger partial charge in [-0.3, -0.25) is 10.1 Å². The number of sulfonamides is 1. The largest absolute Gasteiger partial charge is 0.296 e. The van der Waals surface area contributed by atoms with E-state index in [2.05, 4.69) is 29.4 Å². The van der Waals surface area contributed by atoms with E-state index in [0.717, 1.165) is 30.7 Å². The van der Waals surface area contributed by atoms with Crippen LogP contribution in [0.25, 0.3) is 0 Å². The van der Waals surface area contributed by atoms with Crippen LogP contribution in [0.15, 0.2) is 29.2 Å². The lowest BCUT2D eigenvalue weighted by Crippen LogP contribution is -2.36. The number of aromatic nitrogens is 2. The van der Waals surface area contributed by atoms with Gasteiger partial charge in [0.1, 0.15) is 5.01 Å². The van der Waals surface area contributed by atoms with Crippen molar-refractivity contribution in [1.29, 1.82) is 0 Å². The van der Waals surface area contributed by atoms with Crippen molar-refractivity contribution in [3.8, 4) is 0 Å². The highest BCUT2D eigenvalue weighted by atomic mass is 32.2. The first kappa shape index (κ1) is 19.9. The maximum absolute atomic E-state index is 13.0. The van der Waals surface area contributed by atoms with Gasteiger partial charge in [0.05, 0.1) is 10.5 Å². The highest BCUT2D eigenvalue weighted by Crippen LogP contribution is 2.25. The fourth-order valence-electron chi connectivity index (χ4n) is 3.02. The van der Waals surface area contributed by atoms with Crippen molar-refractivity contribution in [2.45, 2.75) is 44.4 Å². The predicted octanol–water partition coefficient (Wildman–Crippen LogP) is 3.16. The molecule has 1 N–H and O–H groups in total. The first-order chi connectivity index (χ1) is 12.9. The molecule has 1 aliphatic heterocycles. The van der Waals surface area contributed by atoms with Gasteiger partial charge in [-0.2, -0.15) is 4.31 Å². The minimum atomic E-state index is -3.70. The average Bonchev–Trinajstić information content (AvgIpc) is 3.08. The van der Waals surface area contributed by atoms with Crippen LogP contribution in [0.2, 0.25) is 0 Å². The van der Waals surface area contributed by atoms with Gasteiger partial charge in [0, 0.05) is 19.5 Å². The average molecular weight is 409 g/mol. The summed E-state index contributed by atoms with van der Waals surface area (Å²) < 4.78 is 27.5. The fraction of sp³-hybridized carbons (Fsp3) is 0.500. The molecule has 146 valence electrons. The van der Waals surface area contributed by atoms with Gasteiger partial charge in [-0.25, -0.2) is 8.42 Å². The molecule has 0 spiro atoms. The zero-order valence-electron chi connectivity index (χ0n) is 15.5. The molecule has 0 radical (unpaired) electrons. The molecule has 1 aromatic heterocycles. The number of carbonyl (C=O) groups is 1. The Morgan fingerprint density at radius 1 is 1.19 bits per heavy atom. The highest BCUT2D eigenvalue weighted by Gasteiger charge is 2.30. The molecule has 1 fully saturated rings. The molecule has 0 aliphatic carbocycles. The van der Waals surface area contributed by atoms with Crippen molar-refractivity contribution in [2.24, 2.45) is 5.92 Å². The van der Waals surface area contributed by atoms with Crippen molar-refractivity contribution >= 4 is 32.4 Å².